The van der Waals surface area contributed by atoms with Crippen molar-refractivity contribution in [3.8, 4) is 28.6 Å². The van der Waals surface area contributed by atoms with E-state index in [9.17, 15) is 19.4 Å². The van der Waals surface area contributed by atoms with E-state index in [1.54, 1.807) is 70.2 Å². The van der Waals surface area contributed by atoms with Crippen molar-refractivity contribution in [3.05, 3.63) is 93.8 Å². The van der Waals surface area contributed by atoms with Crippen LogP contribution >= 0.6 is 11.3 Å². The van der Waals surface area contributed by atoms with Crippen LogP contribution in [0.5, 0.6) is 17.4 Å². The Labute approximate surface area is 240 Å². The van der Waals surface area contributed by atoms with Gasteiger partial charge in [0.25, 0.3) is 5.91 Å². The number of methoxy groups -OCH3 is 1. The molecule has 212 valence electrons. The highest BCUT2D eigenvalue weighted by Gasteiger charge is 2.27. The predicted octanol–water partition coefficient (Wildman–Crippen LogP) is 5.10. The van der Waals surface area contributed by atoms with Crippen LogP contribution in [0, 0.1) is 12.7 Å². The predicted molar refractivity (Wildman–Crippen MR) is 155 cm³/mol. The molecule has 5 aromatic rings. The van der Waals surface area contributed by atoms with E-state index in [1.165, 1.54) is 25.3 Å². The number of likely N-dealkylation sites (N-methyl/N-ethyl adjacent to an activating group) is 1. The second-order valence-corrected chi connectivity index (χ2v) is 10.7. The van der Waals surface area contributed by atoms with Gasteiger partial charge < -0.3 is 19.8 Å². The molecule has 0 saturated carbocycles. The van der Waals surface area contributed by atoms with E-state index >= 15 is 0 Å². The number of fused-ring (bicyclic) bond motifs is 1. The molecule has 3 aromatic heterocycles. The number of imidazole rings is 1. The largest absolute Gasteiger partial charge is 0.504 e. The van der Waals surface area contributed by atoms with Gasteiger partial charge >= 0.3 is 0 Å². The lowest BCUT2D eigenvalue weighted by molar-refractivity contribution is 0.0721. The number of carbonyl (C=O) groups is 1. The fourth-order valence-electron chi connectivity index (χ4n) is 4.65. The summed E-state index contributed by atoms with van der Waals surface area (Å²) in [6.07, 6.45) is 1.76. The number of nitrogens with zero attached hydrogens (tertiary/aromatic N) is 5. The smallest absolute Gasteiger partial charge is 0.275 e. The van der Waals surface area contributed by atoms with Crippen LogP contribution in [0.15, 0.2) is 66.2 Å². The number of hydrogen-bond donors (Lipinski definition) is 2. The summed E-state index contributed by atoms with van der Waals surface area (Å²) < 4.78 is 21.6. The number of thiazole rings is 1. The average Bonchev–Trinajstić information content (AvgIpc) is 3.62. The summed E-state index contributed by atoms with van der Waals surface area (Å²) >= 11 is 1.57. The molecule has 41 heavy (non-hydrogen) atoms. The van der Waals surface area contributed by atoms with Crippen molar-refractivity contribution in [2.75, 3.05) is 27.2 Å². The first-order valence-electron chi connectivity index (χ1n) is 12.9. The van der Waals surface area contributed by atoms with Gasteiger partial charge in [0.05, 0.1) is 19.3 Å². The van der Waals surface area contributed by atoms with Crippen LogP contribution in [0.4, 0.5) is 4.39 Å². The van der Waals surface area contributed by atoms with Crippen LogP contribution in [0.1, 0.15) is 26.6 Å². The summed E-state index contributed by atoms with van der Waals surface area (Å²) in [7, 11) is 3.50. The number of phenols is 2. The molecular formula is C30H30FN5O4S. The van der Waals surface area contributed by atoms with Gasteiger partial charge in [-0.15, -0.1) is 11.3 Å². The zero-order valence-corrected chi connectivity index (χ0v) is 23.7. The van der Waals surface area contributed by atoms with Gasteiger partial charge in [-0.25, -0.2) is 14.4 Å². The minimum absolute atomic E-state index is 0.157. The molecule has 0 unspecified atom stereocenters. The standard InChI is InChI=1S/C30H30FN5O4S/c1-19-15-21(8-9-22(19)31)29-28(33-25-5-4-6-27(40-3)36(25)29)30(39)35(17-20-7-10-23(37)24(38)16-20)13-12-34(2)18-26-32-11-14-41-26/h4-11,14-16,37-38H,12-13,17-18H2,1-3H3. The normalized spacial score (nSPS) is 11.3. The van der Waals surface area contributed by atoms with Gasteiger partial charge in [0.2, 0.25) is 0 Å². The van der Waals surface area contributed by atoms with Crippen molar-refractivity contribution in [1.29, 1.82) is 0 Å². The van der Waals surface area contributed by atoms with Crippen LogP contribution < -0.4 is 4.74 Å². The van der Waals surface area contributed by atoms with Crippen LogP contribution in [0.2, 0.25) is 0 Å². The second-order valence-electron chi connectivity index (χ2n) is 9.75. The number of phenolic OH excluding ortho intramolecular Hbond substituents is 2. The minimum Gasteiger partial charge on any atom is -0.504 e. The summed E-state index contributed by atoms with van der Waals surface area (Å²) in [5.74, 6) is -0.724. The third-order valence-electron chi connectivity index (χ3n) is 6.79. The maximum Gasteiger partial charge on any atom is 0.275 e. The number of rotatable bonds is 10. The lowest BCUT2D eigenvalue weighted by Crippen LogP contribution is -2.37. The molecule has 0 fully saturated rings. The molecule has 0 radical (unpaired) electrons. The third-order valence-corrected chi connectivity index (χ3v) is 7.56. The van der Waals surface area contributed by atoms with Crippen LogP contribution in [-0.4, -0.2) is 67.5 Å². The molecule has 0 atom stereocenters. The van der Waals surface area contributed by atoms with Crippen molar-refractivity contribution in [3.63, 3.8) is 0 Å². The van der Waals surface area contributed by atoms with Gasteiger partial charge in [-0.3, -0.25) is 14.1 Å². The van der Waals surface area contributed by atoms with E-state index in [1.807, 2.05) is 12.4 Å². The van der Waals surface area contributed by atoms with Gasteiger partial charge in [0.1, 0.15) is 16.5 Å². The number of ether oxygens (including phenoxy) is 1. The van der Waals surface area contributed by atoms with E-state index in [2.05, 4.69) is 9.88 Å². The summed E-state index contributed by atoms with van der Waals surface area (Å²) in [5, 5.41) is 22.8. The van der Waals surface area contributed by atoms with E-state index in [-0.39, 0.29) is 35.5 Å². The average molecular weight is 576 g/mol. The topological polar surface area (TPSA) is 103 Å². The monoisotopic (exact) mass is 575 g/mol. The van der Waals surface area contributed by atoms with Crippen LogP contribution in [0.25, 0.3) is 16.9 Å². The van der Waals surface area contributed by atoms with Gasteiger partial charge in [-0.05, 0) is 67.6 Å². The van der Waals surface area contributed by atoms with Gasteiger partial charge in [0, 0.05) is 36.8 Å². The van der Waals surface area contributed by atoms with Gasteiger partial charge in [0.15, 0.2) is 23.1 Å². The molecule has 2 N–H and O–H groups in total. The number of hydrogen-bond acceptors (Lipinski definition) is 8. The molecular weight excluding hydrogens is 545 g/mol. The Morgan fingerprint density at radius 1 is 1.07 bits per heavy atom. The number of aromatic nitrogens is 3. The highest BCUT2D eigenvalue weighted by molar-refractivity contribution is 7.09. The molecule has 0 spiro atoms. The Morgan fingerprint density at radius 3 is 2.61 bits per heavy atom. The Bertz CT molecular complexity index is 1690. The first kappa shape index (κ1) is 28.1. The quantitative estimate of drug-likeness (QED) is 0.223. The van der Waals surface area contributed by atoms with Crippen LogP contribution in [0.3, 0.4) is 0 Å². The van der Waals surface area contributed by atoms with Gasteiger partial charge in [-0.2, -0.15) is 0 Å². The molecule has 9 nitrogen and oxygen atoms in total. The van der Waals surface area contributed by atoms with E-state index in [0.29, 0.717) is 53.5 Å². The van der Waals surface area contributed by atoms with Crippen molar-refractivity contribution in [2.24, 2.45) is 0 Å². The third kappa shape index (κ3) is 6.01. The van der Waals surface area contributed by atoms with E-state index in [4.69, 9.17) is 9.72 Å². The number of halogens is 1. The molecule has 5 rings (SSSR count). The van der Waals surface area contributed by atoms with Crippen molar-refractivity contribution < 1.29 is 24.1 Å². The minimum atomic E-state index is -0.348. The first-order valence-corrected chi connectivity index (χ1v) is 13.8. The highest BCUT2D eigenvalue weighted by atomic mass is 32.1. The SMILES string of the molecule is COc1cccc2nc(C(=O)N(CCN(C)Cc3nccs3)Cc3ccc(O)c(O)c3)c(-c3ccc(F)c(C)c3)n12. The first-order chi connectivity index (χ1) is 19.7. The maximum atomic E-state index is 14.3. The summed E-state index contributed by atoms with van der Waals surface area (Å²) in [4.78, 5) is 27.1. The fourth-order valence-corrected chi connectivity index (χ4v) is 5.35. The molecule has 1 amide bonds. The molecule has 0 saturated heterocycles. The molecule has 0 bridgehead atoms. The van der Waals surface area contributed by atoms with Gasteiger partial charge in [-0.1, -0.05) is 12.1 Å². The lowest BCUT2D eigenvalue weighted by atomic mass is 10.1. The maximum absolute atomic E-state index is 14.3. The van der Waals surface area contributed by atoms with Crippen molar-refractivity contribution in [1.82, 2.24) is 24.2 Å². The second kappa shape index (κ2) is 11.9. The number of aromatic hydroxyl groups is 2. The fraction of sp³-hybridized carbons (Fsp3) is 0.233. The number of pyridine rings is 1. The Kier molecular flexibility index (Phi) is 8.18. The Balaban J connectivity index is 1.56. The summed E-state index contributed by atoms with van der Waals surface area (Å²) in [6.45, 7) is 3.34. The highest BCUT2D eigenvalue weighted by Crippen LogP contribution is 2.32. The Morgan fingerprint density at radius 2 is 1.90 bits per heavy atom. The van der Waals surface area contributed by atoms with Crippen LogP contribution in [-0.2, 0) is 13.1 Å². The van der Waals surface area contributed by atoms with E-state index in [0.717, 1.165) is 5.01 Å². The molecule has 11 heteroatoms. The van der Waals surface area contributed by atoms with Crippen molar-refractivity contribution in [2.45, 2.75) is 20.0 Å². The number of benzene rings is 2. The van der Waals surface area contributed by atoms with Crippen molar-refractivity contribution >= 4 is 22.9 Å². The number of carbonyl (C=O) groups excluding carboxylic acids is 1. The lowest BCUT2D eigenvalue weighted by Gasteiger charge is -2.25. The summed E-state index contributed by atoms with van der Waals surface area (Å²) in [5.41, 5.74) is 2.87. The Hall–Kier alpha value is -4.48. The zero-order chi connectivity index (χ0) is 29.1. The number of aryl methyl sites for hydroxylation is 1. The number of amides is 1. The molecule has 0 aliphatic heterocycles. The molecule has 0 aliphatic rings. The summed E-state index contributed by atoms with van der Waals surface area (Å²) in [6, 6.07) is 14.5. The molecule has 0 aliphatic carbocycles. The molecule has 2 aromatic carbocycles. The molecule has 3 heterocycles. The zero-order valence-electron chi connectivity index (χ0n) is 22.9. The van der Waals surface area contributed by atoms with E-state index < -0.39 is 0 Å².